The summed E-state index contributed by atoms with van der Waals surface area (Å²) in [5, 5.41) is 4.67. The van der Waals surface area contributed by atoms with Gasteiger partial charge in [0, 0.05) is 27.7 Å². The van der Waals surface area contributed by atoms with Crippen LogP contribution < -0.4 is 4.90 Å². The molecule has 1 heterocycles. The van der Waals surface area contributed by atoms with Crippen LogP contribution in [-0.2, 0) is 5.41 Å². The van der Waals surface area contributed by atoms with Crippen molar-refractivity contribution in [3.63, 3.8) is 0 Å². The monoisotopic (exact) mass is 929 g/mol. The van der Waals surface area contributed by atoms with Gasteiger partial charge in [-0.2, -0.15) is 0 Å². The average Bonchev–Trinajstić information content (AvgIpc) is 4.00. The quantitative estimate of drug-likeness (QED) is 0.143. The molecule has 0 saturated carbocycles. The van der Waals surface area contributed by atoms with E-state index in [4.69, 9.17) is 4.42 Å². The predicted octanol–water partition coefficient (Wildman–Crippen LogP) is 19.2. The third-order valence-electron chi connectivity index (χ3n) is 15.2. The van der Waals surface area contributed by atoms with Crippen molar-refractivity contribution in [1.29, 1.82) is 0 Å². The summed E-state index contributed by atoms with van der Waals surface area (Å²) in [6.07, 6.45) is 0. The van der Waals surface area contributed by atoms with Crippen LogP contribution in [-0.4, -0.2) is 0 Å². The van der Waals surface area contributed by atoms with Gasteiger partial charge in [0.1, 0.15) is 11.2 Å². The summed E-state index contributed by atoms with van der Waals surface area (Å²) < 4.78 is 6.41. The molecule has 0 amide bonds. The van der Waals surface area contributed by atoms with Crippen LogP contribution in [0, 0.1) is 0 Å². The lowest BCUT2D eigenvalue weighted by molar-refractivity contribution is 0.669. The fourth-order valence-corrected chi connectivity index (χ4v) is 12.0. The molecule has 2 heteroatoms. The van der Waals surface area contributed by atoms with Gasteiger partial charge in [0.2, 0.25) is 0 Å². The first-order valence-corrected chi connectivity index (χ1v) is 25.2. The van der Waals surface area contributed by atoms with E-state index in [2.05, 4.69) is 284 Å². The van der Waals surface area contributed by atoms with Crippen LogP contribution in [0.15, 0.2) is 290 Å². The second-order valence-corrected chi connectivity index (χ2v) is 19.1. The number of anilines is 3. The molecule has 1 aliphatic carbocycles. The Morgan fingerprint density at radius 2 is 0.836 bits per heavy atom. The molecule has 12 aromatic carbocycles. The summed E-state index contributed by atoms with van der Waals surface area (Å²) in [6.45, 7) is 0. The fourth-order valence-electron chi connectivity index (χ4n) is 12.0. The molecule has 0 radical (unpaired) electrons. The standard InChI is InChI=1S/C71H47NO/c1-4-20-49(21-5-1)57-33-17-22-50-23-18-35-62(69(50)57)61-31-11-14-37-66(61)72(56-29-16-24-52(46-56)58-34-19-39-68-70(58)63-32-12-15-38-67(63)73-68)55-43-40-48(41-44-55)51-42-45-60-59-30-10-13-36-64(59)71(65(60)47-51,53-25-6-2-7-26-53)54-27-8-3-9-28-54/h1-47H. The van der Waals surface area contributed by atoms with Crippen LogP contribution in [0.5, 0.6) is 0 Å². The maximum absolute atomic E-state index is 6.41. The molecule has 2 nitrogen and oxygen atoms in total. The second-order valence-electron chi connectivity index (χ2n) is 19.1. The largest absolute Gasteiger partial charge is 0.456 e. The van der Waals surface area contributed by atoms with E-state index in [1.165, 1.54) is 66.4 Å². The van der Waals surface area contributed by atoms with E-state index in [9.17, 15) is 0 Å². The molecule has 0 atom stereocenters. The molecule has 14 rings (SSSR count). The molecule has 0 N–H and O–H groups in total. The van der Waals surface area contributed by atoms with Gasteiger partial charge in [0.25, 0.3) is 0 Å². The molecule has 0 aliphatic heterocycles. The maximum atomic E-state index is 6.41. The number of benzene rings is 12. The van der Waals surface area contributed by atoms with Crippen molar-refractivity contribution in [2.24, 2.45) is 0 Å². The highest BCUT2D eigenvalue weighted by atomic mass is 16.3. The summed E-state index contributed by atoms with van der Waals surface area (Å²) in [5.74, 6) is 0. The summed E-state index contributed by atoms with van der Waals surface area (Å²) in [6, 6.07) is 104. The third-order valence-corrected chi connectivity index (χ3v) is 15.2. The van der Waals surface area contributed by atoms with Crippen LogP contribution >= 0.6 is 0 Å². The number of para-hydroxylation sites is 2. The van der Waals surface area contributed by atoms with Gasteiger partial charge in [-0.1, -0.05) is 237 Å². The molecule has 73 heavy (non-hydrogen) atoms. The summed E-state index contributed by atoms with van der Waals surface area (Å²) >= 11 is 0. The van der Waals surface area contributed by atoms with E-state index in [1.807, 2.05) is 6.07 Å². The Morgan fingerprint density at radius 3 is 1.60 bits per heavy atom. The number of hydrogen-bond acceptors (Lipinski definition) is 2. The van der Waals surface area contributed by atoms with Gasteiger partial charge in [0.15, 0.2) is 0 Å². The molecule has 0 fully saturated rings. The van der Waals surface area contributed by atoms with Crippen molar-refractivity contribution in [1.82, 2.24) is 0 Å². The summed E-state index contributed by atoms with van der Waals surface area (Å²) in [7, 11) is 0. The van der Waals surface area contributed by atoms with Crippen LogP contribution in [0.4, 0.5) is 17.1 Å². The van der Waals surface area contributed by atoms with E-state index in [0.717, 1.165) is 61.3 Å². The molecular formula is C71H47NO. The van der Waals surface area contributed by atoms with E-state index in [-0.39, 0.29) is 0 Å². The highest BCUT2D eigenvalue weighted by Gasteiger charge is 2.46. The maximum Gasteiger partial charge on any atom is 0.136 e. The van der Waals surface area contributed by atoms with Crippen molar-refractivity contribution in [3.05, 3.63) is 307 Å². The van der Waals surface area contributed by atoms with Crippen LogP contribution in [0.3, 0.4) is 0 Å². The minimum Gasteiger partial charge on any atom is -0.456 e. The lowest BCUT2D eigenvalue weighted by Gasteiger charge is -2.34. The lowest BCUT2D eigenvalue weighted by Crippen LogP contribution is -2.28. The highest BCUT2D eigenvalue weighted by Crippen LogP contribution is 2.57. The van der Waals surface area contributed by atoms with E-state index in [0.29, 0.717) is 0 Å². The van der Waals surface area contributed by atoms with Gasteiger partial charge in [-0.3, -0.25) is 0 Å². The predicted molar refractivity (Wildman–Crippen MR) is 305 cm³/mol. The number of nitrogens with zero attached hydrogens (tertiary/aromatic N) is 1. The van der Waals surface area contributed by atoms with Crippen molar-refractivity contribution < 1.29 is 4.42 Å². The second kappa shape index (κ2) is 17.4. The number of rotatable bonds is 9. The number of hydrogen-bond donors (Lipinski definition) is 0. The first-order valence-electron chi connectivity index (χ1n) is 25.2. The van der Waals surface area contributed by atoms with Gasteiger partial charge < -0.3 is 9.32 Å². The Bertz CT molecular complexity index is 4150. The fraction of sp³-hybridized carbons (Fsp3) is 0.0141. The molecule has 342 valence electrons. The molecule has 0 bridgehead atoms. The van der Waals surface area contributed by atoms with E-state index < -0.39 is 5.41 Å². The van der Waals surface area contributed by atoms with Crippen LogP contribution in [0.2, 0.25) is 0 Å². The normalized spacial score (nSPS) is 12.5. The number of furan rings is 1. The van der Waals surface area contributed by atoms with Crippen LogP contribution in [0.1, 0.15) is 22.3 Å². The highest BCUT2D eigenvalue weighted by molar-refractivity contribution is 6.13. The first-order chi connectivity index (χ1) is 36.2. The first kappa shape index (κ1) is 42.4. The third kappa shape index (κ3) is 6.87. The Hall–Kier alpha value is -9.50. The van der Waals surface area contributed by atoms with Crippen molar-refractivity contribution in [2.75, 3.05) is 4.90 Å². The molecule has 1 aromatic heterocycles. The lowest BCUT2D eigenvalue weighted by atomic mass is 9.67. The molecular weight excluding hydrogens is 883 g/mol. The Balaban J connectivity index is 0.951. The zero-order chi connectivity index (χ0) is 48.3. The molecule has 13 aromatic rings. The summed E-state index contributed by atoms with van der Waals surface area (Å²) in [5.41, 5.74) is 21.5. The van der Waals surface area contributed by atoms with E-state index in [1.54, 1.807) is 0 Å². The Kier molecular flexibility index (Phi) is 10.1. The minimum atomic E-state index is -0.481. The van der Waals surface area contributed by atoms with Crippen molar-refractivity contribution in [3.8, 4) is 55.6 Å². The molecule has 0 saturated heterocycles. The molecule has 0 spiro atoms. The zero-order valence-electron chi connectivity index (χ0n) is 40.0. The Labute approximate surface area is 425 Å². The van der Waals surface area contributed by atoms with Crippen molar-refractivity contribution >= 4 is 49.8 Å². The van der Waals surface area contributed by atoms with Gasteiger partial charge in [-0.25, -0.2) is 0 Å². The van der Waals surface area contributed by atoms with Crippen LogP contribution in [0.25, 0.3) is 88.3 Å². The van der Waals surface area contributed by atoms with Gasteiger partial charge in [0.05, 0.1) is 11.1 Å². The Morgan fingerprint density at radius 1 is 0.288 bits per heavy atom. The average molecular weight is 930 g/mol. The summed E-state index contributed by atoms with van der Waals surface area (Å²) in [4.78, 5) is 2.44. The van der Waals surface area contributed by atoms with Gasteiger partial charge in [-0.15, -0.1) is 0 Å². The molecule has 1 aliphatic rings. The minimum absolute atomic E-state index is 0.481. The van der Waals surface area contributed by atoms with E-state index >= 15 is 0 Å². The zero-order valence-corrected chi connectivity index (χ0v) is 40.0. The molecule has 0 unspecified atom stereocenters. The van der Waals surface area contributed by atoms with Gasteiger partial charge in [-0.05, 0) is 132 Å². The SMILES string of the molecule is c1ccc(-c2cccc3cccc(-c4ccccc4N(c4ccc(-c5ccc6c(c5)C(c5ccccc5)(c5ccccc5)c5ccccc5-6)cc4)c4cccc(-c5cccc6oc7ccccc7c56)c4)c23)cc1. The van der Waals surface area contributed by atoms with Crippen molar-refractivity contribution in [2.45, 2.75) is 5.41 Å². The van der Waals surface area contributed by atoms with Gasteiger partial charge >= 0.3 is 0 Å². The smallest absolute Gasteiger partial charge is 0.136 e. The topological polar surface area (TPSA) is 16.4 Å². The number of fused-ring (bicyclic) bond motifs is 7.